The minimum atomic E-state index is -0.623. The first-order valence-electron chi connectivity index (χ1n) is 13.0. The second-order valence-electron chi connectivity index (χ2n) is 9.70. The number of aryl methyl sites for hydroxylation is 2. The van der Waals surface area contributed by atoms with Crippen molar-refractivity contribution in [2.45, 2.75) is 46.3 Å². The van der Waals surface area contributed by atoms with Crippen molar-refractivity contribution in [3.05, 3.63) is 119 Å². The van der Waals surface area contributed by atoms with Crippen molar-refractivity contribution in [3.63, 3.8) is 0 Å². The van der Waals surface area contributed by atoms with Crippen molar-refractivity contribution < 1.29 is 19.1 Å². The molecular weight excluding hydrogens is 488 g/mol. The predicted molar refractivity (Wildman–Crippen MR) is 155 cm³/mol. The van der Waals surface area contributed by atoms with E-state index in [1.807, 2.05) is 111 Å². The first kappa shape index (κ1) is 27.5. The zero-order valence-corrected chi connectivity index (χ0v) is 22.7. The van der Waals surface area contributed by atoms with Gasteiger partial charge in [0.2, 0.25) is 0 Å². The number of nitrogens with one attached hydrogen (secondary N) is 2. The lowest BCUT2D eigenvalue weighted by Gasteiger charge is -2.15. The predicted octanol–water partition coefficient (Wildman–Crippen LogP) is 6.71. The van der Waals surface area contributed by atoms with Crippen LogP contribution in [0.3, 0.4) is 0 Å². The number of hydrogen-bond acceptors (Lipinski definition) is 4. The van der Waals surface area contributed by atoms with Crippen LogP contribution < -0.4 is 20.1 Å². The molecule has 4 aromatic carbocycles. The van der Waals surface area contributed by atoms with Crippen LogP contribution in [0.15, 0.2) is 97.1 Å². The molecule has 0 bridgehead atoms. The molecule has 6 nitrogen and oxygen atoms in total. The molecule has 0 saturated heterocycles. The van der Waals surface area contributed by atoms with Crippen LogP contribution in [-0.2, 0) is 16.0 Å². The second-order valence-corrected chi connectivity index (χ2v) is 9.70. The Morgan fingerprint density at radius 1 is 0.615 bits per heavy atom. The lowest BCUT2D eigenvalue weighted by atomic mass is 10.0. The molecular formula is C33H34N2O4. The summed E-state index contributed by atoms with van der Waals surface area (Å²) in [6.45, 7) is 7.43. The molecule has 39 heavy (non-hydrogen) atoms. The largest absolute Gasteiger partial charge is 0.481 e. The van der Waals surface area contributed by atoms with E-state index in [9.17, 15) is 9.59 Å². The van der Waals surface area contributed by atoms with E-state index in [4.69, 9.17) is 9.47 Å². The minimum Gasteiger partial charge on any atom is -0.481 e. The molecule has 0 aromatic heterocycles. The summed E-state index contributed by atoms with van der Waals surface area (Å²) in [6, 6.07) is 30.8. The molecule has 0 fully saturated rings. The zero-order valence-electron chi connectivity index (χ0n) is 22.7. The summed E-state index contributed by atoms with van der Waals surface area (Å²) in [6.07, 6.45) is -0.521. The third-order valence-electron chi connectivity index (χ3n) is 6.19. The summed E-state index contributed by atoms with van der Waals surface area (Å²) in [4.78, 5) is 25.1. The molecule has 2 N–H and O–H groups in total. The summed E-state index contributed by atoms with van der Waals surface area (Å²) in [5, 5.41) is 5.81. The third kappa shape index (κ3) is 8.20. The van der Waals surface area contributed by atoms with Gasteiger partial charge in [-0.05, 0) is 105 Å². The van der Waals surface area contributed by atoms with Gasteiger partial charge in [0.25, 0.3) is 11.8 Å². The van der Waals surface area contributed by atoms with Crippen LogP contribution in [0, 0.1) is 13.8 Å². The topological polar surface area (TPSA) is 76.7 Å². The zero-order chi connectivity index (χ0) is 27.8. The van der Waals surface area contributed by atoms with Crippen LogP contribution in [0.5, 0.6) is 11.5 Å². The second kappa shape index (κ2) is 12.8. The number of rotatable bonds is 10. The Bertz CT molecular complexity index is 1310. The van der Waals surface area contributed by atoms with E-state index in [1.54, 1.807) is 13.8 Å². The van der Waals surface area contributed by atoms with Crippen molar-refractivity contribution in [2.75, 3.05) is 10.6 Å². The fourth-order valence-electron chi connectivity index (χ4n) is 4.03. The van der Waals surface area contributed by atoms with E-state index >= 15 is 0 Å². The average Bonchev–Trinajstić information content (AvgIpc) is 2.91. The molecule has 0 radical (unpaired) electrons. The van der Waals surface area contributed by atoms with Crippen molar-refractivity contribution in [3.8, 4) is 11.5 Å². The fraction of sp³-hybridized carbons (Fsp3) is 0.212. The molecule has 0 aliphatic rings. The van der Waals surface area contributed by atoms with Crippen molar-refractivity contribution in [1.82, 2.24) is 0 Å². The highest BCUT2D eigenvalue weighted by atomic mass is 16.5. The number of carbonyl (C=O) groups is 2. The van der Waals surface area contributed by atoms with E-state index < -0.39 is 12.2 Å². The van der Waals surface area contributed by atoms with Gasteiger partial charge in [0.05, 0.1) is 0 Å². The van der Waals surface area contributed by atoms with E-state index in [2.05, 4.69) is 10.6 Å². The Morgan fingerprint density at radius 2 is 1.00 bits per heavy atom. The van der Waals surface area contributed by atoms with Gasteiger partial charge in [-0.1, -0.05) is 48.5 Å². The van der Waals surface area contributed by atoms with Crippen molar-refractivity contribution >= 4 is 23.2 Å². The fourth-order valence-corrected chi connectivity index (χ4v) is 4.03. The quantitative estimate of drug-likeness (QED) is 0.243. The molecule has 2 unspecified atom stereocenters. The number of anilines is 2. The lowest BCUT2D eigenvalue weighted by molar-refractivity contribution is -0.122. The molecule has 200 valence electrons. The Kier molecular flexibility index (Phi) is 9.00. The van der Waals surface area contributed by atoms with Crippen LogP contribution in [0.25, 0.3) is 0 Å². The van der Waals surface area contributed by atoms with E-state index in [-0.39, 0.29) is 11.8 Å². The van der Waals surface area contributed by atoms with Gasteiger partial charge in [0, 0.05) is 11.4 Å². The van der Waals surface area contributed by atoms with E-state index in [1.165, 1.54) is 0 Å². The summed E-state index contributed by atoms with van der Waals surface area (Å²) in [5.41, 5.74) is 5.79. The number of hydrogen-bond donors (Lipinski definition) is 2. The molecule has 0 heterocycles. The maximum Gasteiger partial charge on any atom is 0.265 e. The lowest BCUT2D eigenvalue weighted by Crippen LogP contribution is -2.30. The van der Waals surface area contributed by atoms with Gasteiger partial charge in [0.15, 0.2) is 12.2 Å². The van der Waals surface area contributed by atoms with E-state index in [0.29, 0.717) is 22.9 Å². The first-order valence-corrected chi connectivity index (χ1v) is 13.0. The van der Waals surface area contributed by atoms with Crippen molar-refractivity contribution in [2.24, 2.45) is 0 Å². The first-order chi connectivity index (χ1) is 18.7. The summed E-state index contributed by atoms with van der Waals surface area (Å²) in [5.74, 6) is 0.924. The number of benzene rings is 4. The molecule has 0 aliphatic carbocycles. The van der Waals surface area contributed by atoms with Gasteiger partial charge < -0.3 is 20.1 Å². The molecule has 2 amide bonds. The molecule has 6 heteroatoms. The summed E-state index contributed by atoms with van der Waals surface area (Å²) in [7, 11) is 0. The van der Waals surface area contributed by atoms with Gasteiger partial charge in [-0.15, -0.1) is 0 Å². The normalized spacial score (nSPS) is 12.2. The number of ether oxygens (including phenoxy) is 2. The highest BCUT2D eigenvalue weighted by Gasteiger charge is 2.16. The van der Waals surface area contributed by atoms with Crippen LogP contribution in [-0.4, -0.2) is 24.0 Å². The Morgan fingerprint density at radius 3 is 1.36 bits per heavy atom. The molecule has 4 aromatic rings. The Labute approximate surface area is 230 Å². The molecule has 2 atom stereocenters. The monoisotopic (exact) mass is 522 g/mol. The standard InChI is InChI=1S/C33H34N2O4/c1-22-7-5-9-30(19-22)38-24(3)32(36)34-28-15-11-26(12-16-28)21-27-13-17-29(18-14-27)35-33(37)25(4)39-31-10-6-8-23(2)20-31/h5-20,24-25H,21H2,1-4H3,(H,34,36)(H,35,37). The maximum absolute atomic E-state index is 12.6. The number of carbonyl (C=O) groups excluding carboxylic acids is 2. The maximum atomic E-state index is 12.6. The highest BCUT2D eigenvalue weighted by Crippen LogP contribution is 2.19. The van der Waals surface area contributed by atoms with Crippen LogP contribution >= 0.6 is 0 Å². The average molecular weight is 523 g/mol. The smallest absolute Gasteiger partial charge is 0.265 e. The highest BCUT2D eigenvalue weighted by molar-refractivity contribution is 5.94. The van der Waals surface area contributed by atoms with E-state index in [0.717, 1.165) is 28.7 Å². The molecule has 0 aliphatic heterocycles. The number of amides is 2. The summed E-state index contributed by atoms with van der Waals surface area (Å²) >= 11 is 0. The molecule has 0 spiro atoms. The van der Waals surface area contributed by atoms with Crippen LogP contribution in [0.2, 0.25) is 0 Å². The third-order valence-corrected chi connectivity index (χ3v) is 6.19. The Balaban J connectivity index is 1.26. The SMILES string of the molecule is Cc1cccc(OC(C)C(=O)Nc2ccc(Cc3ccc(NC(=O)C(C)Oc4cccc(C)c4)cc3)cc2)c1. The molecule has 4 rings (SSSR count). The van der Waals surface area contributed by atoms with Gasteiger partial charge in [-0.2, -0.15) is 0 Å². The van der Waals surface area contributed by atoms with Crippen LogP contribution in [0.4, 0.5) is 11.4 Å². The van der Waals surface area contributed by atoms with Gasteiger partial charge >= 0.3 is 0 Å². The van der Waals surface area contributed by atoms with Gasteiger partial charge in [-0.25, -0.2) is 0 Å². The van der Waals surface area contributed by atoms with Crippen LogP contribution in [0.1, 0.15) is 36.1 Å². The Hall–Kier alpha value is -4.58. The molecule has 0 saturated carbocycles. The van der Waals surface area contributed by atoms with Crippen molar-refractivity contribution in [1.29, 1.82) is 0 Å². The minimum absolute atomic E-state index is 0.208. The van der Waals surface area contributed by atoms with Gasteiger partial charge in [0.1, 0.15) is 11.5 Å². The summed E-state index contributed by atoms with van der Waals surface area (Å²) < 4.78 is 11.5. The van der Waals surface area contributed by atoms with Gasteiger partial charge in [-0.3, -0.25) is 9.59 Å².